The Labute approximate surface area is 238 Å². The van der Waals surface area contributed by atoms with Crippen molar-refractivity contribution in [1.29, 1.82) is 0 Å². The first-order valence-corrected chi connectivity index (χ1v) is 12.4. The zero-order chi connectivity index (χ0) is 30.3. The largest absolute Gasteiger partial charge is 0.458 e. The van der Waals surface area contributed by atoms with Crippen LogP contribution in [0.25, 0.3) is 10.8 Å². The standard InChI is InChI=1S/C32H24F4O6/c1-3-29(37)39-19-21-5-11-25(12-6-21)31(33,34)41-27-15-9-24-18-28(16-10-23(24)17-27)42-32(35,36)26-13-7-22(8-14-26)20-40-30(38)4-2/h3-18H,1-2,19-20H2. The lowest BCUT2D eigenvalue weighted by atomic mass is 10.1. The number of halogens is 4. The molecule has 42 heavy (non-hydrogen) atoms. The fourth-order valence-electron chi connectivity index (χ4n) is 3.76. The number of hydrogen-bond acceptors (Lipinski definition) is 6. The minimum atomic E-state index is -3.68. The van der Waals surface area contributed by atoms with Gasteiger partial charge in [0.05, 0.1) is 11.1 Å². The van der Waals surface area contributed by atoms with Crippen LogP contribution in [0.15, 0.2) is 110 Å². The van der Waals surface area contributed by atoms with Gasteiger partial charge in [-0.1, -0.05) is 49.6 Å². The van der Waals surface area contributed by atoms with E-state index in [1.165, 1.54) is 60.7 Å². The summed E-state index contributed by atoms with van der Waals surface area (Å²) in [5.74, 6) is -1.55. The smallest absolute Gasteiger partial charge is 0.426 e. The molecule has 6 nitrogen and oxygen atoms in total. The van der Waals surface area contributed by atoms with Crippen LogP contribution >= 0.6 is 0 Å². The number of carbonyl (C=O) groups excluding carboxylic acids is 2. The predicted molar refractivity (Wildman–Crippen MR) is 146 cm³/mol. The van der Waals surface area contributed by atoms with E-state index in [9.17, 15) is 27.2 Å². The van der Waals surface area contributed by atoms with Crippen LogP contribution in [-0.4, -0.2) is 11.9 Å². The zero-order valence-corrected chi connectivity index (χ0v) is 22.0. The summed E-state index contributed by atoms with van der Waals surface area (Å²) in [6, 6.07) is 18.4. The average Bonchev–Trinajstić information content (AvgIpc) is 2.98. The summed E-state index contributed by atoms with van der Waals surface area (Å²) in [5.41, 5.74) is 0.168. The Morgan fingerprint density at radius 3 is 1.29 bits per heavy atom. The average molecular weight is 581 g/mol. The third-order valence-corrected chi connectivity index (χ3v) is 5.95. The zero-order valence-electron chi connectivity index (χ0n) is 22.0. The van der Waals surface area contributed by atoms with Gasteiger partial charge >= 0.3 is 24.2 Å². The quantitative estimate of drug-likeness (QED) is 0.0979. The Bertz CT molecular complexity index is 1480. The molecule has 216 valence electrons. The van der Waals surface area contributed by atoms with Gasteiger partial charge in [-0.25, -0.2) is 9.59 Å². The molecule has 4 aromatic carbocycles. The van der Waals surface area contributed by atoms with E-state index in [4.69, 9.17) is 18.9 Å². The van der Waals surface area contributed by atoms with Crippen molar-refractivity contribution in [1.82, 2.24) is 0 Å². The summed E-state index contributed by atoms with van der Waals surface area (Å²) in [6.07, 6.45) is -5.37. The molecule has 10 heteroatoms. The maximum absolute atomic E-state index is 14.8. The van der Waals surface area contributed by atoms with Crippen molar-refractivity contribution in [3.63, 3.8) is 0 Å². The molecule has 0 saturated heterocycles. The molecule has 0 radical (unpaired) electrons. The highest BCUT2D eigenvalue weighted by Gasteiger charge is 2.35. The summed E-state index contributed by atoms with van der Waals surface area (Å²) in [7, 11) is 0. The highest BCUT2D eigenvalue weighted by Crippen LogP contribution is 2.36. The number of fused-ring (bicyclic) bond motifs is 1. The van der Waals surface area contributed by atoms with Crippen LogP contribution < -0.4 is 9.47 Å². The van der Waals surface area contributed by atoms with E-state index in [2.05, 4.69) is 13.2 Å². The van der Waals surface area contributed by atoms with Gasteiger partial charge in [0.2, 0.25) is 0 Å². The maximum Gasteiger partial charge on any atom is 0.426 e. The number of benzene rings is 4. The van der Waals surface area contributed by atoms with Crippen LogP contribution in [-0.2, 0) is 44.5 Å². The summed E-state index contributed by atoms with van der Waals surface area (Å²) in [5, 5.41) is 0.911. The van der Waals surface area contributed by atoms with Gasteiger partial charge in [0.15, 0.2) is 0 Å². The number of carbonyl (C=O) groups is 2. The molecule has 0 amide bonds. The summed E-state index contributed by atoms with van der Waals surface area (Å²) < 4.78 is 78.9. The van der Waals surface area contributed by atoms with Crippen molar-refractivity contribution in [2.24, 2.45) is 0 Å². The molecule has 0 heterocycles. The van der Waals surface area contributed by atoms with Crippen molar-refractivity contribution in [3.05, 3.63) is 132 Å². The SMILES string of the molecule is C=CC(=O)OCc1ccc(C(F)(F)Oc2ccc3cc(OC(F)(F)c4ccc(COC(=O)C=C)cc4)ccc3c2)cc1. The molecule has 0 spiro atoms. The summed E-state index contributed by atoms with van der Waals surface area (Å²) >= 11 is 0. The van der Waals surface area contributed by atoms with E-state index in [0.717, 1.165) is 36.4 Å². The van der Waals surface area contributed by atoms with Gasteiger partial charge in [-0.05, 0) is 70.4 Å². The molecule has 0 aliphatic carbocycles. The molecule has 0 saturated carbocycles. The Hall–Kier alpha value is -5.12. The van der Waals surface area contributed by atoms with Gasteiger partial charge in [0.25, 0.3) is 0 Å². The second-order valence-corrected chi connectivity index (χ2v) is 8.93. The van der Waals surface area contributed by atoms with Crippen molar-refractivity contribution >= 4 is 22.7 Å². The lowest BCUT2D eigenvalue weighted by Gasteiger charge is -2.20. The lowest BCUT2D eigenvalue weighted by Crippen LogP contribution is -2.22. The first kappa shape index (κ1) is 29.9. The summed E-state index contributed by atoms with van der Waals surface area (Å²) in [6.45, 7) is 6.37. The highest BCUT2D eigenvalue weighted by molar-refractivity contribution is 5.85. The molecule has 0 unspecified atom stereocenters. The van der Waals surface area contributed by atoms with Crippen LogP contribution in [0.2, 0.25) is 0 Å². The topological polar surface area (TPSA) is 71.1 Å². The van der Waals surface area contributed by atoms with Crippen molar-refractivity contribution in [2.45, 2.75) is 25.4 Å². The van der Waals surface area contributed by atoms with Crippen molar-refractivity contribution < 1.29 is 46.1 Å². The number of ether oxygens (including phenoxy) is 4. The molecule has 0 fully saturated rings. The molecule has 0 bridgehead atoms. The Kier molecular flexibility index (Phi) is 8.95. The summed E-state index contributed by atoms with van der Waals surface area (Å²) in [4.78, 5) is 22.3. The van der Waals surface area contributed by atoms with Crippen LogP contribution in [0.3, 0.4) is 0 Å². The number of esters is 2. The molecule has 4 rings (SSSR count). The minimum Gasteiger partial charge on any atom is -0.458 e. The second-order valence-electron chi connectivity index (χ2n) is 8.93. The van der Waals surface area contributed by atoms with E-state index in [1.54, 1.807) is 0 Å². The molecule has 0 atom stereocenters. The second kappa shape index (κ2) is 12.6. The molecule has 0 aromatic heterocycles. The molecular weight excluding hydrogens is 556 g/mol. The van der Waals surface area contributed by atoms with E-state index < -0.39 is 35.3 Å². The Balaban J connectivity index is 1.42. The van der Waals surface area contributed by atoms with Gasteiger partial charge in [-0.3, -0.25) is 0 Å². The molecular formula is C32H24F4O6. The van der Waals surface area contributed by atoms with Crippen molar-refractivity contribution in [3.8, 4) is 11.5 Å². The molecule has 0 N–H and O–H groups in total. The van der Waals surface area contributed by atoms with Gasteiger partial charge in [0.1, 0.15) is 24.7 Å². The molecule has 4 aromatic rings. The van der Waals surface area contributed by atoms with E-state index >= 15 is 0 Å². The normalized spacial score (nSPS) is 11.4. The Morgan fingerprint density at radius 2 is 0.952 bits per heavy atom. The fourth-order valence-corrected chi connectivity index (χ4v) is 3.76. The third-order valence-electron chi connectivity index (χ3n) is 5.95. The van der Waals surface area contributed by atoms with Gasteiger partial charge in [0, 0.05) is 12.2 Å². The lowest BCUT2D eigenvalue weighted by molar-refractivity contribution is -0.186. The predicted octanol–water partition coefficient (Wildman–Crippen LogP) is 7.55. The van der Waals surface area contributed by atoms with Crippen LogP contribution in [0.5, 0.6) is 11.5 Å². The minimum absolute atomic E-state index is 0.0961. The third kappa shape index (κ3) is 7.54. The number of hydrogen-bond donors (Lipinski definition) is 0. The maximum atomic E-state index is 14.8. The monoisotopic (exact) mass is 580 g/mol. The number of alkyl halides is 4. The fraction of sp³-hybridized carbons (Fsp3) is 0.125. The van der Waals surface area contributed by atoms with Gasteiger partial charge in [-0.2, -0.15) is 17.6 Å². The first-order chi connectivity index (χ1) is 20.0. The van der Waals surface area contributed by atoms with E-state index in [1.807, 2.05) is 0 Å². The molecule has 0 aliphatic rings. The van der Waals surface area contributed by atoms with Crippen LogP contribution in [0.1, 0.15) is 22.3 Å². The highest BCUT2D eigenvalue weighted by atomic mass is 19.3. The first-order valence-electron chi connectivity index (χ1n) is 12.4. The van der Waals surface area contributed by atoms with Crippen LogP contribution in [0.4, 0.5) is 17.6 Å². The van der Waals surface area contributed by atoms with E-state index in [-0.39, 0.29) is 24.7 Å². The van der Waals surface area contributed by atoms with E-state index in [0.29, 0.717) is 21.9 Å². The van der Waals surface area contributed by atoms with Crippen LogP contribution in [0, 0.1) is 0 Å². The van der Waals surface area contributed by atoms with Gasteiger partial charge < -0.3 is 18.9 Å². The van der Waals surface area contributed by atoms with Gasteiger partial charge in [-0.15, -0.1) is 0 Å². The Morgan fingerprint density at radius 1 is 0.595 bits per heavy atom. The number of rotatable bonds is 12. The molecule has 0 aliphatic heterocycles. The van der Waals surface area contributed by atoms with Crippen molar-refractivity contribution in [2.75, 3.05) is 0 Å².